The molecule has 0 aliphatic heterocycles. The van der Waals surface area contributed by atoms with Gasteiger partial charge in [-0.1, -0.05) is 61.4 Å². The predicted molar refractivity (Wildman–Crippen MR) is 121 cm³/mol. The molecule has 0 unspecified atom stereocenters. The molecule has 1 aromatic heterocycles. The lowest BCUT2D eigenvalue weighted by Gasteiger charge is -2.16. The monoisotopic (exact) mass is 375 g/mol. The molecule has 6 rings (SSSR count). The van der Waals surface area contributed by atoms with E-state index in [2.05, 4.69) is 67.6 Å². The molecule has 1 nitrogen and oxygen atoms in total. The van der Waals surface area contributed by atoms with Crippen LogP contribution in [-0.2, 0) is 6.42 Å². The van der Waals surface area contributed by atoms with Crippen LogP contribution in [-0.4, -0.2) is 4.98 Å². The summed E-state index contributed by atoms with van der Waals surface area (Å²) in [7, 11) is 0. The Hall–Kier alpha value is -2.93. The number of aryl methyl sites for hydroxylation is 1. The van der Waals surface area contributed by atoms with E-state index in [-0.39, 0.29) is 0 Å². The summed E-state index contributed by atoms with van der Waals surface area (Å²) in [5.41, 5.74) is 10.9. The van der Waals surface area contributed by atoms with Crippen molar-refractivity contribution in [1.82, 2.24) is 4.98 Å². The Bertz CT molecular complexity index is 1240. The second kappa shape index (κ2) is 6.56. The van der Waals surface area contributed by atoms with Gasteiger partial charge in [-0.2, -0.15) is 0 Å². The minimum Gasteiger partial charge on any atom is -0.256 e. The van der Waals surface area contributed by atoms with Crippen LogP contribution in [0.15, 0.2) is 66.9 Å². The molecule has 0 bridgehead atoms. The zero-order valence-corrected chi connectivity index (χ0v) is 16.9. The number of hydrogen-bond donors (Lipinski definition) is 0. The van der Waals surface area contributed by atoms with Gasteiger partial charge in [0.25, 0.3) is 0 Å². The van der Waals surface area contributed by atoms with Crippen molar-refractivity contribution in [2.45, 2.75) is 44.9 Å². The van der Waals surface area contributed by atoms with E-state index in [0.717, 1.165) is 12.1 Å². The minimum absolute atomic E-state index is 0.710. The molecule has 0 spiro atoms. The minimum atomic E-state index is 0.710. The summed E-state index contributed by atoms with van der Waals surface area (Å²) in [5.74, 6) is 0.710. The van der Waals surface area contributed by atoms with Crippen LogP contribution in [0.2, 0.25) is 0 Å². The summed E-state index contributed by atoms with van der Waals surface area (Å²) in [5, 5.41) is 2.70. The van der Waals surface area contributed by atoms with E-state index < -0.39 is 0 Å². The van der Waals surface area contributed by atoms with Crippen LogP contribution < -0.4 is 0 Å². The second-order valence-corrected chi connectivity index (χ2v) is 8.76. The lowest BCUT2D eigenvalue weighted by molar-refractivity contribution is 0.729. The van der Waals surface area contributed by atoms with E-state index in [1.807, 2.05) is 6.20 Å². The zero-order chi connectivity index (χ0) is 19.4. The Morgan fingerprint density at radius 3 is 2.52 bits per heavy atom. The smallest absolute Gasteiger partial charge is 0.0783 e. The third kappa shape index (κ3) is 2.64. The summed E-state index contributed by atoms with van der Waals surface area (Å²) in [6, 6.07) is 22.6. The molecular formula is C28H25N. The molecule has 0 N–H and O–H groups in total. The van der Waals surface area contributed by atoms with Gasteiger partial charge in [-0.25, -0.2) is 0 Å². The topological polar surface area (TPSA) is 12.9 Å². The van der Waals surface area contributed by atoms with Crippen LogP contribution in [0, 0.1) is 6.92 Å². The molecule has 1 heteroatoms. The first-order valence-corrected chi connectivity index (χ1v) is 10.9. The summed E-state index contributed by atoms with van der Waals surface area (Å²) >= 11 is 0. The van der Waals surface area contributed by atoms with Crippen molar-refractivity contribution in [2.24, 2.45) is 0 Å². The molecule has 0 atom stereocenters. The van der Waals surface area contributed by atoms with E-state index >= 15 is 0 Å². The molecule has 142 valence electrons. The maximum absolute atomic E-state index is 4.93. The fourth-order valence-corrected chi connectivity index (χ4v) is 5.62. The molecule has 29 heavy (non-hydrogen) atoms. The van der Waals surface area contributed by atoms with Gasteiger partial charge in [0.1, 0.15) is 0 Å². The Labute approximate surface area is 172 Å². The largest absolute Gasteiger partial charge is 0.256 e. The molecule has 2 aliphatic rings. The quantitative estimate of drug-likeness (QED) is 0.312. The highest BCUT2D eigenvalue weighted by Crippen LogP contribution is 2.44. The zero-order valence-electron chi connectivity index (χ0n) is 16.9. The van der Waals surface area contributed by atoms with Crippen molar-refractivity contribution < 1.29 is 0 Å². The van der Waals surface area contributed by atoms with Gasteiger partial charge in [-0.3, -0.25) is 4.98 Å². The summed E-state index contributed by atoms with van der Waals surface area (Å²) in [6.45, 7) is 2.21. The van der Waals surface area contributed by atoms with E-state index in [4.69, 9.17) is 4.98 Å². The Morgan fingerprint density at radius 2 is 1.62 bits per heavy atom. The number of pyridine rings is 1. The molecular weight excluding hydrogens is 350 g/mol. The maximum atomic E-state index is 4.93. The average molecular weight is 376 g/mol. The molecule has 3 aromatic carbocycles. The SMILES string of the molecule is Cc1cc2c(c(-c3nccc4c(C5CCCC5)cccc34)c1)Cc1ccccc1-2. The predicted octanol–water partition coefficient (Wildman–Crippen LogP) is 7.44. The average Bonchev–Trinajstić information content (AvgIpc) is 3.41. The van der Waals surface area contributed by atoms with Crippen LogP contribution >= 0.6 is 0 Å². The number of benzene rings is 3. The van der Waals surface area contributed by atoms with Gasteiger partial charge in [0, 0.05) is 17.1 Å². The molecule has 0 radical (unpaired) electrons. The van der Waals surface area contributed by atoms with E-state index in [0.29, 0.717) is 5.92 Å². The van der Waals surface area contributed by atoms with Crippen molar-refractivity contribution in [3.8, 4) is 22.4 Å². The standard InChI is InChI=1S/C28H25N/c1-18-15-25-22-10-5-4-9-20(22)17-26(25)27(16-18)28-24-12-6-11-21(19-7-2-3-8-19)23(24)13-14-29-28/h4-6,9-16,19H,2-3,7-8,17H2,1H3. The molecule has 1 fully saturated rings. The molecule has 2 aliphatic carbocycles. The van der Waals surface area contributed by atoms with Crippen LogP contribution in [0.3, 0.4) is 0 Å². The fraction of sp³-hybridized carbons (Fsp3) is 0.250. The summed E-state index contributed by atoms with van der Waals surface area (Å²) < 4.78 is 0. The van der Waals surface area contributed by atoms with Gasteiger partial charge in [-0.15, -0.1) is 0 Å². The number of hydrogen-bond acceptors (Lipinski definition) is 1. The van der Waals surface area contributed by atoms with Crippen LogP contribution in [0.25, 0.3) is 33.2 Å². The Morgan fingerprint density at radius 1 is 0.793 bits per heavy atom. The Kier molecular flexibility index (Phi) is 3.84. The Balaban J connectivity index is 1.59. The maximum Gasteiger partial charge on any atom is 0.0783 e. The molecule has 4 aromatic rings. The molecule has 0 amide bonds. The van der Waals surface area contributed by atoms with Gasteiger partial charge < -0.3 is 0 Å². The summed E-state index contributed by atoms with van der Waals surface area (Å²) in [6.07, 6.45) is 8.40. The van der Waals surface area contributed by atoms with Crippen LogP contribution in [0.1, 0.15) is 53.9 Å². The first kappa shape index (κ1) is 17.0. The van der Waals surface area contributed by atoms with Crippen molar-refractivity contribution in [2.75, 3.05) is 0 Å². The van der Waals surface area contributed by atoms with Gasteiger partial charge in [-0.05, 0) is 83.0 Å². The van der Waals surface area contributed by atoms with Crippen molar-refractivity contribution in [1.29, 1.82) is 0 Å². The number of fused-ring (bicyclic) bond motifs is 4. The normalized spacial score (nSPS) is 15.6. The number of rotatable bonds is 2. The van der Waals surface area contributed by atoms with E-state index in [9.17, 15) is 0 Å². The molecule has 1 saturated carbocycles. The first-order chi connectivity index (χ1) is 14.3. The van der Waals surface area contributed by atoms with Gasteiger partial charge >= 0.3 is 0 Å². The molecule has 0 saturated heterocycles. The van der Waals surface area contributed by atoms with E-state index in [1.54, 1.807) is 0 Å². The van der Waals surface area contributed by atoms with Gasteiger partial charge in [0.05, 0.1) is 5.69 Å². The summed E-state index contributed by atoms with van der Waals surface area (Å²) in [4.78, 5) is 4.93. The van der Waals surface area contributed by atoms with Crippen molar-refractivity contribution in [3.05, 3.63) is 89.1 Å². The highest BCUT2D eigenvalue weighted by molar-refractivity contribution is 5.99. The van der Waals surface area contributed by atoms with Gasteiger partial charge in [0.15, 0.2) is 0 Å². The first-order valence-electron chi connectivity index (χ1n) is 10.9. The third-order valence-electron chi connectivity index (χ3n) is 6.96. The van der Waals surface area contributed by atoms with Crippen molar-refractivity contribution >= 4 is 10.8 Å². The van der Waals surface area contributed by atoms with Crippen LogP contribution in [0.4, 0.5) is 0 Å². The highest BCUT2D eigenvalue weighted by Gasteiger charge is 2.24. The number of aromatic nitrogens is 1. The second-order valence-electron chi connectivity index (χ2n) is 8.76. The third-order valence-corrected chi connectivity index (χ3v) is 6.96. The van der Waals surface area contributed by atoms with Crippen LogP contribution in [0.5, 0.6) is 0 Å². The highest BCUT2D eigenvalue weighted by atomic mass is 14.7. The van der Waals surface area contributed by atoms with Crippen molar-refractivity contribution in [3.63, 3.8) is 0 Å². The van der Waals surface area contributed by atoms with E-state index in [1.165, 1.54) is 75.4 Å². The lowest BCUT2D eigenvalue weighted by atomic mass is 9.89. The lowest BCUT2D eigenvalue weighted by Crippen LogP contribution is -1.97. The van der Waals surface area contributed by atoms with Gasteiger partial charge in [0.2, 0.25) is 0 Å². The number of nitrogens with zero attached hydrogens (tertiary/aromatic N) is 1. The molecule has 1 heterocycles. The fourth-order valence-electron chi connectivity index (χ4n) is 5.62.